The zero-order valence-electron chi connectivity index (χ0n) is 13.1. The maximum Gasteiger partial charge on any atom is 0.0595 e. The number of rotatable bonds is 7. The van der Waals surface area contributed by atoms with Crippen LogP contribution in [0.1, 0.15) is 32.3 Å². The van der Waals surface area contributed by atoms with Gasteiger partial charge in [-0.1, -0.05) is 43.1 Å². The molecule has 0 spiro atoms. The number of nitrogens with one attached hydrogen (secondary N) is 1. The lowest BCUT2D eigenvalue weighted by Gasteiger charge is -2.50. The second-order valence-corrected chi connectivity index (χ2v) is 7.31. The second-order valence-electron chi connectivity index (χ2n) is 6.49. The van der Waals surface area contributed by atoms with E-state index in [0.29, 0.717) is 10.0 Å². The lowest BCUT2D eigenvalue weighted by atomic mass is 9.56. The largest absolute Gasteiger partial charge is 0.383 e. The Morgan fingerprint density at radius 3 is 2.57 bits per heavy atom. The van der Waals surface area contributed by atoms with Crippen LogP contribution in [0.25, 0.3) is 0 Å². The van der Waals surface area contributed by atoms with Crippen molar-refractivity contribution in [2.45, 2.75) is 32.1 Å². The molecule has 0 amide bonds. The van der Waals surface area contributed by atoms with Crippen molar-refractivity contribution in [2.75, 3.05) is 26.8 Å². The first-order chi connectivity index (χ1) is 9.98. The summed E-state index contributed by atoms with van der Waals surface area (Å²) in [4.78, 5) is 0. The molecule has 0 radical (unpaired) electrons. The maximum absolute atomic E-state index is 6.21. The first-order valence-corrected chi connectivity index (χ1v) is 8.39. The molecular formula is C17H25Cl2NO. The molecule has 1 aromatic rings. The van der Waals surface area contributed by atoms with E-state index in [4.69, 9.17) is 27.9 Å². The normalized spacial score (nSPS) is 25.1. The highest BCUT2D eigenvalue weighted by atomic mass is 35.5. The maximum atomic E-state index is 6.21. The Bertz CT molecular complexity index is 470. The molecule has 0 heterocycles. The Morgan fingerprint density at radius 1 is 1.29 bits per heavy atom. The number of benzene rings is 1. The second kappa shape index (κ2) is 7.32. The van der Waals surface area contributed by atoms with Gasteiger partial charge in [0, 0.05) is 25.6 Å². The predicted octanol–water partition coefficient (Wildman–Crippen LogP) is 4.53. The van der Waals surface area contributed by atoms with E-state index < -0.39 is 0 Å². The molecule has 1 aromatic carbocycles. The number of hydrogen-bond acceptors (Lipinski definition) is 2. The van der Waals surface area contributed by atoms with Crippen molar-refractivity contribution in [3.63, 3.8) is 0 Å². The summed E-state index contributed by atoms with van der Waals surface area (Å²) in [6.07, 6.45) is 2.42. The Hall–Kier alpha value is -0.280. The van der Waals surface area contributed by atoms with Gasteiger partial charge in [-0.05, 0) is 42.4 Å². The van der Waals surface area contributed by atoms with Crippen molar-refractivity contribution < 1.29 is 4.74 Å². The molecule has 0 atom stereocenters. The molecule has 1 saturated carbocycles. The summed E-state index contributed by atoms with van der Waals surface area (Å²) in [5.41, 5.74) is 1.50. The Balaban J connectivity index is 2.11. The zero-order valence-corrected chi connectivity index (χ0v) is 14.6. The van der Waals surface area contributed by atoms with Crippen molar-refractivity contribution in [1.82, 2.24) is 5.32 Å². The van der Waals surface area contributed by atoms with Crippen LogP contribution in [0, 0.1) is 11.8 Å². The summed E-state index contributed by atoms with van der Waals surface area (Å²) in [6.45, 7) is 7.21. The van der Waals surface area contributed by atoms with Crippen LogP contribution in [0.15, 0.2) is 18.2 Å². The van der Waals surface area contributed by atoms with Gasteiger partial charge in [0.2, 0.25) is 0 Å². The molecular weight excluding hydrogens is 305 g/mol. The molecule has 0 saturated heterocycles. The number of hydrogen-bond donors (Lipinski definition) is 1. The van der Waals surface area contributed by atoms with Gasteiger partial charge in [-0.2, -0.15) is 0 Å². The highest BCUT2D eigenvalue weighted by molar-refractivity contribution is 6.42. The Morgan fingerprint density at radius 2 is 2.00 bits per heavy atom. The van der Waals surface area contributed by atoms with Gasteiger partial charge >= 0.3 is 0 Å². The van der Waals surface area contributed by atoms with Gasteiger partial charge in [0.15, 0.2) is 0 Å². The van der Waals surface area contributed by atoms with E-state index in [0.717, 1.165) is 31.5 Å². The monoisotopic (exact) mass is 329 g/mol. The van der Waals surface area contributed by atoms with E-state index in [1.54, 1.807) is 7.11 Å². The highest BCUT2D eigenvalue weighted by Gasteiger charge is 2.46. The van der Waals surface area contributed by atoms with Crippen LogP contribution in [-0.2, 0) is 10.2 Å². The van der Waals surface area contributed by atoms with Crippen LogP contribution in [0.2, 0.25) is 10.0 Å². The molecule has 0 aromatic heterocycles. The minimum atomic E-state index is 0.191. The minimum Gasteiger partial charge on any atom is -0.383 e. The number of ether oxygens (including phenoxy) is 1. The average molecular weight is 330 g/mol. The topological polar surface area (TPSA) is 21.3 Å². The molecule has 118 valence electrons. The van der Waals surface area contributed by atoms with Crippen molar-refractivity contribution in [2.24, 2.45) is 11.8 Å². The van der Waals surface area contributed by atoms with Crippen LogP contribution < -0.4 is 5.32 Å². The summed E-state index contributed by atoms with van der Waals surface area (Å²) >= 11 is 12.3. The summed E-state index contributed by atoms with van der Waals surface area (Å²) in [5.74, 6) is 1.53. The fraction of sp³-hybridized carbons (Fsp3) is 0.647. The van der Waals surface area contributed by atoms with Crippen molar-refractivity contribution >= 4 is 23.2 Å². The van der Waals surface area contributed by atoms with E-state index in [9.17, 15) is 0 Å². The number of methoxy groups -OCH3 is 1. The van der Waals surface area contributed by atoms with E-state index in [2.05, 4.69) is 25.2 Å². The van der Waals surface area contributed by atoms with Crippen LogP contribution in [-0.4, -0.2) is 26.8 Å². The smallest absolute Gasteiger partial charge is 0.0595 e. The van der Waals surface area contributed by atoms with E-state index in [-0.39, 0.29) is 5.41 Å². The fourth-order valence-electron chi connectivity index (χ4n) is 3.23. The molecule has 4 heteroatoms. The number of halogens is 2. The average Bonchev–Trinajstić information content (AvgIpc) is 2.40. The van der Waals surface area contributed by atoms with Crippen LogP contribution in [0.4, 0.5) is 0 Å². The van der Waals surface area contributed by atoms with Gasteiger partial charge in [0.05, 0.1) is 16.7 Å². The molecule has 2 rings (SSSR count). The summed E-state index contributed by atoms with van der Waals surface area (Å²) in [5, 5.41) is 4.80. The van der Waals surface area contributed by atoms with Gasteiger partial charge < -0.3 is 10.1 Å². The quantitative estimate of drug-likeness (QED) is 0.742. The van der Waals surface area contributed by atoms with Crippen molar-refractivity contribution in [3.8, 4) is 0 Å². The lowest BCUT2D eigenvalue weighted by Crippen LogP contribution is -2.50. The fourth-order valence-corrected chi connectivity index (χ4v) is 3.52. The van der Waals surface area contributed by atoms with E-state index in [1.165, 1.54) is 18.4 Å². The third-order valence-electron chi connectivity index (χ3n) is 4.73. The van der Waals surface area contributed by atoms with Gasteiger partial charge in [0.25, 0.3) is 0 Å². The van der Waals surface area contributed by atoms with Crippen molar-refractivity contribution in [3.05, 3.63) is 33.8 Å². The van der Waals surface area contributed by atoms with Gasteiger partial charge in [0.1, 0.15) is 0 Å². The minimum absolute atomic E-state index is 0.191. The standard InChI is InChI=1S/C17H25Cl2NO/c1-12(2)13-9-17(10-13,11-20-6-7-21-3)14-4-5-15(18)16(19)8-14/h4-5,8,12-13,20H,6-7,9-11H2,1-3H3. The van der Waals surface area contributed by atoms with Crippen molar-refractivity contribution in [1.29, 1.82) is 0 Å². The Kier molecular flexibility index (Phi) is 5.96. The highest BCUT2D eigenvalue weighted by Crippen LogP contribution is 2.51. The third-order valence-corrected chi connectivity index (χ3v) is 5.47. The summed E-state index contributed by atoms with van der Waals surface area (Å²) < 4.78 is 5.11. The zero-order chi connectivity index (χ0) is 15.5. The van der Waals surface area contributed by atoms with Crippen LogP contribution in [0.5, 0.6) is 0 Å². The summed E-state index contributed by atoms with van der Waals surface area (Å²) in [6, 6.07) is 6.08. The first-order valence-electron chi connectivity index (χ1n) is 7.64. The van der Waals surface area contributed by atoms with Crippen LogP contribution in [0.3, 0.4) is 0 Å². The predicted molar refractivity (Wildman–Crippen MR) is 90.4 cm³/mol. The molecule has 1 fully saturated rings. The van der Waals surface area contributed by atoms with E-state index in [1.807, 2.05) is 12.1 Å². The molecule has 1 aliphatic carbocycles. The molecule has 0 aliphatic heterocycles. The Labute approximate surface area is 138 Å². The molecule has 21 heavy (non-hydrogen) atoms. The lowest BCUT2D eigenvalue weighted by molar-refractivity contribution is 0.0949. The molecule has 1 N–H and O–H groups in total. The summed E-state index contributed by atoms with van der Waals surface area (Å²) in [7, 11) is 1.73. The van der Waals surface area contributed by atoms with Gasteiger partial charge in [-0.3, -0.25) is 0 Å². The van der Waals surface area contributed by atoms with Gasteiger partial charge in [-0.25, -0.2) is 0 Å². The van der Waals surface area contributed by atoms with Gasteiger partial charge in [-0.15, -0.1) is 0 Å². The SMILES string of the molecule is COCCNCC1(c2ccc(Cl)c(Cl)c2)CC(C(C)C)C1. The van der Waals surface area contributed by atoms with E-state index >= 15 is 0 Å². The first kappa shape index (κ1) is 17.1. The van der Waals surface area contributed by atoms with Crippen LogP contribution >= 0.6 is 23.2 Å². The molecule has 1 aliphatic rings. The third kappa shape index (κ3) is 3.92. The molecule has 2 nitrogen and oxygen atoms in total. The molecule has 0 unspecified atom stereocenters. The molecule has 0 bridgehead atoms.